The van der Waals surface area contributed by atoms with Gasteiger partial charge in [-0.15, -0.1) is 0 Å². The Morgan fingerprint density at radius 3 is 2.56 bits per heavy atom. The lowest BCUT2D eigenvalue weighted by atomic mass is 9.82. The van der Waals surface area contributed by atoms with Gasteiger partial charge in [0.15, 0.2) is 0 Å². The molecule has 2 atom stereocenters. The van der Waals surface area contributed by atoms with Crippen molar-refractivity contribution in [1.82, 2.24) is 10.2 Å². The van der Waals surface area contributed by atoms with Crippen LogP contribution in [0.4, 0.5) is 0 Å². The standard InChI is InChI=1S/C15H30N2O/c1-4-15(5-2)8-9-17(12-15)11-14-7-6-13(18-14)10-16-3/h13-14,16H,4-12H2,1-3H3. The maximum Gasteiger partial charge on any atom is 0.0707 e. The van der Waals surface area contributed by atoms with Crippen molar-refractivity contribution in [2.45, 2.75) is 58.2 Å². The fourth-order valence-electron chi connectivity index (χ4n) is 3.59. The summed E-state index contributed by atoms with van der Waals surface area (Å²) in [6.07, 6.45) is 7.44. The number of hydrogen-bond donors (Lipinski definition) is 1. The van der Waals surface area contributed by atoms with E-state index in [9.17, 15) is 0 Å². The lowest BCUT2D eigenvalue weighted by Crippen LogP contribution is -2.34. The molecule has 0 radical (unpaired) electrons. The minimum atomic E-state index is 0.449. The molecule has 3 heteroatoms. The first-order valence-corrected chi connectivity index (χ1v) is 7.74. The van der Waals surface area contributed by atoms with Gasteiger partial charge in [0, 0.05) is 19.6 Å². The Hall–Kier alpha value is -0.120. The lowest BCUT2D eigenvalue weighted by Gasteiger charge is -2.27. The highest BCUT2D eigenvalue weighted by molar-refractivity contribution is 4.89. The van der Waals surface area contributed by atoms with Crippen molar-refractivity contribution in [3.05, 3.63) is 0 Å². The summed E-state index contributed by atoms with van der Waals surface area (Å²) in [4.78, 5) is 2.64. The molecule has 0 aromatic heterocycles. The zero-order valence-corrected chi connectivity index (χ0v) is 12.4. The zero-order chi connectivity index (χ0) is 13.0. The maximum atomic E-state index is 6.10. The summed E-state index contributed by atoms with van der Waals surface area (Å²) >= 11 is 0. The molecular formula is C15H30N2O. The van der Waals surface area contributed by atoms with Crippen LogP contribution in [0.25, 0.3) is 0 Å². The summed E-state index contributed by atoms with van der Waals surface area (Å²) in [5.74, 6) is 0. The van der Waals surface area contributed by atoms with Crippen LogP contribution in [0, 0.1) is 5.41 Å². The molecule has 106 valence electrons. The van der Waals surface area contributed by atoms with E-state index in [1.54, 1.807) is 0 Å². The lowest BCUT2D eigenvalue weighted by molar-refractivity contribution is 0.0262. The van der Waals surface area contributed by atoms with Gasteiger partial charge in [-0.25, -0.2) is 0 Å². The second kappa shape index (κ2) is 6.36. The highest BCUT2D eigenvalue weighted by atomic mass is 16.5. The van der Waals surface area contributed by atoms with E-state index in [1.807, 2.05) is 7.05 Å². The summed E-state index contributed by atoms with van der Waals surface area (Å²) < 4.78 is 6.10. The second-order valence-corrected chi connectivity index (χ2v) is 6.21. The molecule has 2 rings (SSSR count). The molecule has 2 saturated heterocycles. The molecule has 2 fully saturated rings. The fourth-order valence-corrected chi connectivity index (χ4v) is 3.59. The first kappa shape index (κ1) is 14.3. The predicted molar refractivity (Wildman–Crippen MR) is 75.9 cm³/mol. The molecule has 1 N–H and O–H groups in total. The van der Waals surface area contributed by atoms with Crippen LogP contribution in [0.15, 0.2) is 0 Å². The summed E-state index contributed by atoms with van der Waals surface area (Å²) in [5.41, 5.74) is 0.600. The van der Waals surface area contributed by atoms with Gasteiger partial charge in [0.2, 0.25) is 0 Å². The van der Waals surface area contributed by atoms with Crippen LogP contribution in [-0.2, 0) is 4.74 Å². The molecular weight excluding hydrogens is 224 g/mol. The molecule has 2 heterocycles. The van der Waals surface area contributed by atoms with Gasteiger partial charge in [-0.3, -0.25) is 0 Å². The Morgan fingerprint density at radius 2 is 1.94 bits per heavy atom. The van der Waals surface area contributed by atoms with Gasteiger partial charge >= 0.3 is 0 Å². The van der Waals surface area contributed by atoms with Crippen LogP contribution in [0.5, 0.6) is 0 Å². The van der Waals surface area contributed by atoms with Gasteiger partial charge in [0.25, 0.3) is 0 Å². The molecule has 2 aliphatic heterocycles. The molecule has 0 saturated carbocycles. The third-order valence-corrected chi connectivity index (χ3v) is 5.11. The topological polar surface area (TPSA) is 24.5 Å². The molecule has 0 spiro atoms. The number of nitrogens with zero attached hydrogens (tertiary/aromatic N) is 1. The summed E-state index contributed by atoms with van der Waals surface area (Å²) in [5, 5.41) is 3.22. The SMILES string of the molecule is CCC1(CC)CCN(CC2CCC(CNC)O2)C1. The van der Waals surface area contributed by atoms with Crippen LogP contribution in [-0.4, -0.2) is 50.3 Å². The molecule has 0 aliphatic carbocycles. The molecule has 0 bridgehead atoms. The minimum absolute atomic E-state index is 0.449. The number of ether oxygens (including phenoxy) is 1. The van der Waals surface area contributed by atoms with Crippen molar-refractivity contribution in [3.8, 4) is 0 Å². The summed E-state index contributed by atoms with van der Waals surface area (Å²) in [6, 6.07) is 0. The van der Waals surface area contributed by atoms with Gasteiger partial charge in [-0.1, -0.05) is 13.8 Å². The van der Waals surface area contributed by atoms with Gasteiger partial charge in [-0.05, 0) is 51.1 Å². The molecule has 0 aromatic rings. The van der Waals surface area contributed by atoms with Crippen molar-refractivity contribution in [1.29, 1.82) is 0 Å². The van der Waals surface area contributed by atoms with E-state index in [0.717, 1.165) is 13.1 Å². The van der Waals surface area contributed by atoms with E-state index in [0.29, 0.717) is 17.6 Å². The van der Waals surface area contributed by atoms with Crippen LogP contribution in [0.1, 0.15) is 46.0 Å². The largest absolute Gasteiger partial charge is 0.372 e. The Labute approximate surface area is 112 Å². The van der Waals surface area contributed by atoms with Crippen LogP contribution >= 0.6 is 0 Å². The Kier molecular flexibility index (Phi) is 5.05. The Balaban J connectivity index is 1.75. The van der Waals surface area contributed by atoms with Gasteiger partial charge < -0.3 is 15.0 Å². The predicted octanol–water partition coefficient (Wildman–Crippen LogP) is 2.27. The zero-order valence-electron chi connectivity index (χ0n) is 12.4. The average molecular weight is 254 g/mol. The van der Waals surface area contributed by atoms with Gasteiger partial charge in [0.05, 0.1) is 12.2 Å². The Morgan fingerprint density at radius 1 is 1.22 bits per heavy atom. The van der Waals surface area contributed by atoms with E-state index >= 15 is 0 Å². The second-order valence-electron chi connectivity index (χ2n) is 6.21. The van der Waals surface area contributed by atoms with Crippen molar-refractivity contribution in [3.63, 3.8) is 0 Å². The number of rotatable bonds is 6. The number of nitrogens with one attached hydrogen (secondary N) is 1. The van der Waals surface area contributed by atoms with E-state index in [-0.39, 0.29) is 0 Å². The number of likely N-dealkylation sites (tertiary alicyclic amines) is 1. The molecule has 0 aromatic carbocycles. The quantitative estimate of drug-likeness (QED) is 0.787. The van der Waals surface area contributed by atoms with Gasteiger partial charge in [-0.2, -0.15) is 0 Å². The van der Waals surface area contributed by atoms with Crippen LogP contribution < -0.4 is 5.32 Å². The maximum absolute atomic E-state index is 6.10. The molecule has 18 heavy (non-hydrogen) atoms. The smallest absolute Gasteiger partial charge is 0.0707 e. The number of likely N-dealkylation sites (N-methyl/N-ethyl adjacent to an activating group) is 1. The van der Waals surface area contributed by atoms with Gasteiger partial charge in [0.1, 0.15) is 0 Å². The third kappa shape index (κ3) is 3.25. The van der Waals surface area contributed by atoms with E-state index in [4.69, 9.17) is 4.74 Å². The van der Waals surface area contributed by atoms with Crippen molar-refractivity contribution >= 4 is 0 Å². The first-order valence-electron chi connectivity index (χ1n) is 7.74. The minimum Gasteiger partial charge on any atom is -0.372 e. The fraction of sp³-hybridized carbons (Fsp3) is 1.00. The highest BCUT2D eigenvalue weighted by Gasteiger charge is 2.36. The van der Waals surface area contributed by atoms with Crippen LogP contribution in [0.2, 0.25) is 0 Å². The Bertz CT molecular complexity index is 253. The molecule has 2 aliphatic rings. The number of hydrogen-bond acceptors (Lipinski definition) is 3. The first-order chi connectivity index (χ1) is 8.71. The van der Waals surface area contributed by atoms with E-state index < -0.39 is 0 Å². The normalized spacial score (nSPS) is 32.2. The van der Waals surface area contributed by atoms with Crippen molar-refractivity contribution in [2.24, 2.45) is 5.41 Å². The molecule has 0 amide bonds. The van der Waals surface area contributed by atoms with Crippen molar-refractivity contribution in [2.75, 3.05) is 33.2 Å². The van der Waals surface area contributed by atoms with Crippen LogP contribution in [0.3, 0.4) is 0 Å². The van der Waals surface area contributed by atoms with E-state index in [2.05, 4.69) is 24.1 Å². The summed E-state index contributed by atoms with van der Waals surface area (Å²) in [6.45, 7) is 9.42. The average Bonchev–Trinajstić information content (AvgIpc) is 2.98. The molecule has 2 unspecified atom stereocenters. The third-order valence-electron chi connectivity index (χ3n) is 5.11. The highest BCUT2D eigenvalue weighted by Crippen LogP contribution is 2.37. The molecule has 3 nitrogen and oxygen atoms in total. The summed E-state index contributed by atoms with van der Waals surface area (Å²) in [7, 11) is 2.01. The van der Waals surface area contributed by atoms with Crippen molar-refractivity contribution < 1.29 is 4.74 Å². The van der Waals surface area contributed by atoms with E-state index in [1.165, 1.54) is 45.2 Å². The monoisotopic (exact) mass is 254 g/mol.